The van der Waals surface area contributed by atoms with Crippen LogP contribution in [0, 0.1) is 6.92 Å². The average molecular weight is 297 g/mol. The number of hydrogen-bond donors (Lipinski definition) is 2. The number of amides is 1. The Hall–Kier alpha value is -2.76. The van der Waals surface area contributed by atoms with Crippen LogP contribution in [0.25, 0.3) is 11.3 Å². The fourth-order valence-electron chi connectivity index (χ4n) is 2.92. The maximum atomic E-state index is 12.4. The normalized spacial score (nSPS) is 12.8. The molecule has 0 unspecified atom stereocenters. The summed E-state index contributed by atoms with van der Waals surface area (Å²) >= 11 is 0. The monoisotopic (exact) mass is 297 g/mol. The number of nitrogens with zero attached hydrogens (tertiary/aromatic N) is 1. The fourth-order valence-corrected chi connectivity index (χ4v) is 2.92. The Balaban J connectivity index is 1.63. The smallest absolute Gasteiger partial charge is 0.287 e. The lowest BCUT2D eigenvalue weighted by atomic mass is 9.93. The van der Waals surface area contributed by atoms with E-state index in [9.17, 15) is 4.79 Å². The van der Waals surface area contributed by atoms with Crippen molar-refractivity contribution in [2.75, 3.05) is 0 Å². The van der Waals surface area contributed by atoms with E-state index in [1.165, 1.54) is 5.56 Å². The van der Waals surface area contributed by atoms with Crippen LogP contribution >= 0.6 is 0 Å². The Morgan fingerprint density at radius 1 is 1.45 bits per heavy atom. The Bertz CT molecular complexity index is 827. The van der Waals surface area contributed by atoms with Gasteiger partial charge in [-0.2, -0.15) is 5.10 Å². The van der Waals surface area contributed by atoms with Crippen molar-refractivity contribution in [1.29, 1.82) is 0 Å². The largest absolute Gasteiger partial charge is 0.467 e. The second-order valence-electron chi connectivity index (χ2n) is 5.39. The van der Waals surface area contributed by atoms with Crippen LogP contribution in [0.5, 0.6) is 0 Å². The van der Waals surface area contributed by atoms with Crippen molar-refractivity contribution < 1.29 is 13.6 Å². The number of H-pyrrole nitrogens is 1. The fraction of sp³-hybridized carbons (Fsp3) is 0.250. The number of nitrogens with one attached hydrogen (secondary N) is 2. The van der Waals surface area contributed by atoms with Gasteiger partial charge in [-0.15, -0.1) is 0 Å². The third kappa shape index (κ3) is 1.95. The van der Waals surface area contributed by atoms with Crippen molar-refractivity contribution in [2.45, 2.75) is 26.3 Å². The molecule has 3 aromatic rings. The summed E-state index contributed by atoms with van der Waals surface area (Å²) in [4.78, 5) is 12.4. The number of aromatic amines is 1. The SMILES string of the molecule is Cc1c(C(=O)NCc2ccco2)oc2c1-c1[nH]ncc1CC2. The van der Waals surface area contributed by atoms with Crippen LogP contribution in [0.4, 0.5) is 0 Å². The van der Waals surface area contributed by atoms with Crippen molar-refractivity contribution in [3.63, 3.8) is 0 Å². The summed E-state index contributed by atoms with van der Waals surface area (Å²) in [5, 5.41) is 9.91. The van der Waals surface area contributed by atoms with Crippen molar-refractivity contribution in [3.8, 4) is 11.3 Å². The minimum absolute atomic E-state index is 0.232. The van der Waals surface area contributed by atoms with Crippen LogP contribution in [-0.4, -0.2) is 16.1 Å². The van der Waals surface area contributed by atoms with Gasteiger partial charge in [0.1, 0.15) is 11.5 Å². The first-order chi connectivity index (χ1) is 10.7. The highest BCUT2D eigenvalue weighted by Gasteiger charge is 2.28. The number of fused-ring (bicyclic) bond motifs is 3. The molecule has 1 amide bonds. The van der Waals surface area contributed by atoms with E-state index < -0.39 is 0 Å². The third-order valence-electron chi connectivity index (χ3n) is 4.02. The number of aromatic nitrogens is 2. The van der Waals surface area contributed by atoms with Crippen molar-refractivity contribution in [3.05, 3.63) is 53.0 Å². The van der Waals surface area contributed by atoms with Crippen LogP contribution in [0.15, 0.2) is 33.4 Å². The zero-order chi connectivity index (χ0) is 15.1. The number of aryl methyl sites for hydroxylation is 2. The zero-order valence-corrected chi connectivity index (χ0v) is 12.1. The summed E-state index contributed by atoms with van der Waals surface area (Å²) in [6, 6.07) is 3.61. The molecular formula is C16H15N3O3. The average Bonchev–Trinajstić information content (AvgIpc) is 3.24. The molecule has 6 nitrogen and oxygen atoms in total. The molecule has 0 aromatic carbocycles. The molecule has 2 N–H and O–H groups in total. The summed E-state index contributed by atoms with van der Waals surface area (Å²) in [6.07, 6.45) is 5.08. The first kappa shape index (κ1) is 12.9. The Morgan fingerprint density at radius 3 is 3.18 bits per heavy atom. The van der Waals surface area contributed by atoms with Gasteiger partial charge in [0.2, 0.25) is 0 Å². The van der Waals surface area contributed by atoms with Gasteiger partial charge in [0, 0.05) is 17.5 Å². The lowest BCUT2D eigenvalue weighted by Crippen LogP contribution is -2.22. The van der Waals surface area contributed by atoms with Crippen molar-refractivity contribution >= 4 is 5.91 Å². The van der Waals surface area contributed by atoms with Crippen molar-refractivity contribution in [1.82, 2.24) is 15.5 Å². The molecule has 0 saturated heterocycles. The number of carbonyl (C=O) groups excluding carboxylic acids is 1. The summed E-state index contributed by atoms with van der Waals surface area (Å²) in [5.41, 5.74) is 3.95. The molecule has 0 aliphatic heterocycles. The topological polar surface area (TPSA) is 84.1 Å². The maximum Gasteiger partial charge on any atom is 0.287 e. The van der Waals surface area contributed by atoms with Gasteiger partial charge >= 0.3 is 0 Å². The Kier molecular flexibility index (Phi) is 2.89. The van der Waals surface area contributed by atoms with Crippen LogP contribution in [-0.2, 0) is 19.4 Å². The van der Waals surface area contributed by atoms with E-state index in [0.29, 0.717) is 18.1 Å². The highest BCUT2D eigenvalue weighted by molar-refractivity contribution is 5.95. The standard InChI is InChI=1S/C16H15N3O3/c1-9-13-12(5-4-10-7-18-19-14(10)13)22-15(9)16(20)17-8-11-3-2-6-21-11/h2-3,6-7H,4-5,8H2,1H3,(H,17,20)(H,18,19). The van der Waals surface area contributed by atoms with E-state index in [1.54, 1.807) is 12.3 Å². The lowest BCUT2D eigenvalue weighted by molar-refractivity contribution is 0.0917. The number of rotatable bonds is 3. The van der Waals surface area contributed by atoms with Crippen LogP contribution in [0.2, 0.25) is 0 Å². The number of hydrogen-bond acceptors (Lipinski definition) is 4. The Morgan fingerprint density at radius 2 is 2.36 bits per heavy atom. The van der Waals surface area contributed by atoms with Crippen molar-refractivity contribution in [2.24, 2.45) is 0 Å². The highest BCUT2D eigenvalue weighted by Crippen LogP contribution is 2.37. The minimum Gasteiger partial charge on any atom is -0.467 e. The van der Waals surface area contributed by atoms with E-state index in [-0.39, 0.29) is 5.91 Å². The molecule has 0 spiro atoms. The molecule has 1 aliphatic rings. The zero-order valence-electron chi connectivity index (χ0n) is 12.1. The molecule has 6 heteroatoms. The van der Waals surface area contributed by atoms with E-state index in [2.05, 4.69) is 15.5 Å². The van der Waals surface area contributed by atoms with Gasteiger partial charge < -0.3 is 14.2 Å². The predicted octanol–water partition coefficient (Wildman–Crippen LogP) is 2.60. The van der Waals surface area contributed by atoms with Gasteiger partial charge in [-0.1, -0.05) is 0 Å². The molecule has 0 atom stereocenters. The predicted molar refractivity (Wildman–Crippen MR) is 78.3 cm³/mol. The molecule has 22 heavy (non-hydrogen) atoms. The summed E-state index contributed by atoms with van der Waals surface area (Å²) in [6.45, 7) is 2.24. The first-order valence-corrected chi connectivity index (χ1v) is 7.19. The van der Waals surface area contributed by atoms with Crippen LogP contribution in [0.1, 0.15) is 33.2 Å². The molecule has 112 valence electrons. The molecule has 0 saturated carbocycles. The molecular weight excluding hydrogens is 282 g/mol. The molecule has 0 fully saturated rings. The maximum absolute atomic E-state index is 12.4. The minimum atomic E-state index is -0.232. The second kappa shape index (κ2) is 4.91. The Labute approximate surface area is 126 Å². The first-order valence-electron chi connectivity index (χ1n) is 7.19. The van der Waals surface area contributed by atoms with Gasteiger partial charge in [-0.3, -0.25) is 9.89 Å². The summed E-state index contributed by atoms with van der Waals surface area (Å²) in [7, 11) is 0. The molecule has 4 rings (SSSR count). The van der Waals surface area contributed by atoms with Gasteiger partial charge in [-0.05, 0) is 31.0 Å². The molecule has 3 aromatic heterocycles. The molecule has 1 aliphatic carbocycles. The van der Waals surface area contributed by atoms with Gasteiger partial charge in [0.25, 0.3) is 5.91 Å². The molecule has 0 radical (unpaired) electrons. The molecule has 3 heterocycles. The van der Waals surface area contributed by atoms with E-state index in [4.69, 9.17) is 8.83 Å². The number of furan rings is 2. The highest BCUT2D eigenvalue weighted by atomic mass is 16.4. The lowest BCUT2D eigenvalue weighted by Gasteiger charge is -2.09. The summed E-state index contributed by atoms with van der Waals surface area (Å²) in [5.74, 6) is 1.68. The molecule has 0 bridgehead atoms. The quantitative estimate of drug-likeness (QED) is 0.778. The van der Waals surface area contributed by atoms with Crippen LogP contribution < -0.4 is 5.32 Å². The number of carbonyl (C=O) groups is 1. The van der Waals surface area contributed by atoms with Gasteiger partial charge in [0.05, 0.1) is 24.7 Å². The van der Waals surface area contributed by atoms with Gasteiger partial charge in [0.15, 0.2) is 5.76 Å². The van der Waals surface area contributed by atoms with E-state index in [0.717, 1.165) is 35.4 Å². The van der Waals surface area contributed by atoms with Crippen LogP contribution in [0.3, 0.4) is 0 Å². The second-order valence-corrected chi connectivity index (χ2v) is 5.39. The third-order valence-corrected chi connectivity index (χ3v) is 4.02. The van der Waals surface area contributed by atoms with Gasteiger partial charge in [-0.25, -0.2) is 0 Å². The summed E-state index contributed by atoms with van der Waals surface area (Å²) < 4.78 is 11.0. The van der Waals surface area contributed by atoms with E-state index >= 15 is 0 Å². The van der Waals surface area contributed by atoms with E-state index in [1.807, 2.05) is 19.2 Å².